The lowest BCUT2D eigenvalue weighted by Crippen LogP contribution is -2.27. The first-order valence-corrected chi connectivity index (χ1v) is 14.7. The average molecular weight is 597 g/mol. The van der Waals surface area contributed by atoms with Gasteiger partial charge in [-0.05, 0) is 73.2 Å². The Morgan fingerprint density at radius 3 is 2.43 bits per heavy atom. The number of nitrogens with one attached hydrogen (secondary N) is 1. The topological polar surface area (TPSA) is 143 Å². The molecule has 1 aliphatic carbocycles. The van der Waals surface area contributed by atoms with E-state index in [2.05, 4.69) is 20.4 Å². The standard InChI is InChI=1S/C32H32N6O6/c1-3-37-35-29(34-36-37)25-13-8-7-12-24(25)21-16-18-22(19-17-21)38-28-26(14-9-15-27(28)33-31(38)40)30(39)42-20(2)43-32(41)44-23-10-5-4-6-11-23/h7-9,12-20,23H,3-6,10-11H2,1-2H3,(H,33,40). The van der Waals surface area contributed by atoms with Crippen LogP contribution in [0.15, 0.2) is 71.5 Å². The summed E-state index contributed by atoms with van der Waals surface area (Å²) in [4.78, 5) is 43.0. The Balaban J connectivity index is 1.25. The quantitative estimate of drug-likeness (QED) is 0.178. The van der Waals surface area contributed by atoms with Crippen molar-refractivity contribution < 1.29 is 23.8 Å². The number of hydrogen-bond acceptors (Lipinski definition) is 9. The molecular formula is C32H32N6O6. The fourth-order valence-corrected chi connectivity index (χ4v) is 5.49. The van der Waals surface area contributed by atoms with Gasteiger partial charge in [-0.2, -0.15) is 4.80 Å². The van der Waals surface area contributed by atoms with Crippen LogP contribution in [0.4, 0.5) is 4.79 Å². The molecule has 6 rings (SSSR count). The monoisotopic (exact) mass is 596 g/mol. The molecule has 0 spiro atoms. The molecule has 2 heterocycles. The second-order valence-electron chi connectivity index (χ2n) is 10.6. The van der Waals surface area contributed by atoms with Crippen LogP contribution in [-0.2, 0) is 20.8 Å². The van der Waals surface area contributed by atoms with E-state index < -0.39 is 24.1 Å². The number of aromatic amines is 1. The Morgan fingerprint density at radius 1 is 0.955 bits per heavy atom. The molecule has 12 nitrogen and oxygen atoms in total. The lowest BCUT2D eigenvalue weighted by atomic mass is 9.98. The Bertz CT molecular complexity index is 1850. The van der Waals surface area contributed by atoms with E-state index in [9.17, 15) is 14.4 Å². The smallest absolute Gasteiger partial charge is 0.431 e. The Hall–Kier alpha value is -5.26. The minimum atomic E-state index is -1.19. The minimum Gasteiger partial charge on any atom is -0.431 e. The molecule has 1 aliphatic rings. The number of H-pyrrole nitrogens is 1. The Morgan fingerprint density at radius 2 is 1.70 bits per heavy atom. The molecule has 0 bridgehead atoms. The summed E-state index contributed by atoms with van der Waals surface area (Å²) in [5, 5.41) is 12.7. The number of benzene rings is 3. The molecule has 5 aromatic rings. The summed E-state index contributed by atoms with van der Waals surface area (Å²) in [5.41, 5.74) is 3.66. The third-order valence-corrected chi connectivity index (χ3v) is 7.61. The van der Waals surface area contributed by atoms with E-state index in [4.69, 9.17) is 14.2 Å². The van der Waals surface area contributed by atoms with E-state index >= 15 is 0 Å². The number of hydrogen-bond donors (Lipinski definition) is 1. The van der Waals surface area contributed by atoms with Crippen molar-refractivity contribution in [3.05, 3.63) is 82.8 Å². The van der Waals surface area contributed by atoms with Crippen LogP contribution in [0.1, 0.15) is 56.3 Å². The van der Waals surface area contributed by atoms with Crippen molar-refractivity contribution in [2.24, 2.45) is 0 Å². The van der Waals surface area contributed by atoms with Crippen LogP contribution >= 0.6 is 0 Å². The number of carbonyl (C=O) groups excluding carboxylic acids is 2. The van der Waals surface area contributed by atoms with Crippen LogP contribution in [0.5, 0.6) is 0 Å². The number of nitrogens with zero attached hydrogens (tertiary/aromatic N) is 5. The molecule has 0 amide bonds. The number of fused-ring (bicyclic) bond motifs is 1. The third-order valence-electron chi connectivity index (χ3n) is 7.61. The molecule has 1 N–H and O–H groups in total. The predicted molar refractivity (Wildman–Crippen MR) is 161 cm³/mol. The summed E-state index contributed by atoms with van der Waals surface area (Å²) in [7, 11) is 0. The van der Waals surface area contributed by atoms with E-state index in [1.54, 1.807) is 30.3 Å². The normalized spacial score (nSPS) is 14.3. The van der Waals surface area contributed by atoms with Crippen molar-refractivity contribution >= 4 is 23.2 Å². The van der Waals surface area contributed by atoms with Gasteiger partial charge in [-0.15, -0.1) is 10.2 Å². The summed E-state index contributed by atoms with van der Waals surface area (Å²) in [6, 6.07) is 20.0. The maximum atomic E-state index is 13.3. The van der Waals surface area contributed by atoms with Crippen LogP contribution in [0.25, 0.3) is 39.2 Å². The highest BCUT2D eigenvalue weighted by molar-refractivity contribution is 6.02. The van der Waals surface area contributed by atoms with Gasteiger partial charge in [0, 0.05) is 12.5 Å². The zero-order chi connectivity index (χ0) is 30.6. The average Bonchev–Trinajstić information content (AvgIpc) is 3.65. The predicted octanol–water partition coefficient (Wildman–Crippen LogP) is 5.65. The van der Waals surface area contributed by atoms with E-state index in [0.717, 1.165) is 48.8 Å². The summed E-state index contributed by atoms with van der Waals surface area (Å²) in [6.45, 7) is 3.99. The van der Waals surface area contributed by atoms with Crippen molar-refractivity contribution in [1.29, 1.82) is 0 Å². The van der Waals surface area contributed by atoms with Crippen LogP contribution < -0.4 is 5.69 Å². The van der Waals surface area contributed by atoms with Gasteiger partial charge in [-0.3, -0.25) is 4.57 Å². The van der Waals surface area contributed by atoms with Gasteiger partial charge in [0.15, 0.2) is 0 Å². The van der Waals surface area contributed by atoms with Gasteiger partial charge in [0.05, 0.1) is 28.8 Å². The molecule has 0 saturated heterocycles. The lowest BCUT2D eigenvalue weighted by Gasteiger charge is -2.22. The Labute approximate surface area is 252 Å². The molecule has 0 radical (unpaired) electrons. The molecule has 2 aromatic heterocycles. The largest absolute Gasteiger partial charge is 0.511 e. The van der Waals surface area contributed by atoms with Gasteiger partial charge in [0.1, 0.15) is 6.10 Å². The summed E-state index contributed by atoms with van der Waals surface area (Å²) in [5.74, 6) is -0.234. The van der Waals surface area contributed by atoms with Crippen molar-refractivity contribution in [3.8, 4) is 28.2 Å². The molecule has 1 fully saturated rings. The fourth-order valence-electron chi connectivity index (χ4n) is 5.49. The van der Waals surface area contributed by atoms with Crippen molar-refractivity contribution in [1.82, 2.24) is 29.8 Å². The van der Waals surface area contributed by atoms with Gasteiger partial charge in [0.2, 0.25) is 12.1 Å². The maximum absolute atomic E-state index is 13.3. The first-order chi connectivity index (χ1) is 21.4. The van der Waals surface area contributed by atoms with E-state index in [1.165, 1.54) is 16.3 Å². The zero-order valence-corrected chi connectivity index (χ0v) is 24.4. The van der Waals surface area contributed by atoms with Crippen LogP contribution in [0, 0.1) is 0 Å². The van der Waals surface area contributed by atoms with E-state index in [-0.39, 0.29) is 11.7 Å². The Kier molecular flexibility index (Phi) is 8.22. The number of esters is 1. The lowest BCUT2D eigenvalue weighted by molar-refractivity contribution is -0.0914. The highest BCUT2D eigenvalue weighted by atomic mass is 16.8. The second kappa shape index (κ2) is 12.5. The second-order valence-corrected chi connectivity index (χ2v) is 10.6. The fraction of sp³-hybridized carbons (Fsp3) is 0.312. The number of tetrazole rings is 1. The van der Waals surface area contributed by atoms with Crippen molar-refractivity contribution in [3.63, 3.8) is 0 Å². The molecule has 44 heavy (non-hydrogen) atoms. The molecular weight excluding hydrogens is 564 g/mol. The minimum absolute atomic E-state index is 0.136. The maximum Gasteiger partial charge on any atom is 0.511 e. The number of carbonyl (C=O) groups is 2. The van der Waals surface area contributed by atoms with Crippen LogP contribution in [0.2, 0.25) is 0 Å². The van der Waals surface area contributed by atoms with E-state index in [0.29, 0.717) is 29.1 Å². The third kappa shape index (κ3) is 5.96. The van der Waals surface area contributed by atoms with Gasteiger partial charge in [-0.25, -0.2) is 14.4 Å². The van der Waals surface area contributed by atoms with Crippen LogP contribution in [-0.4, -0.2) is 54.3 Å². The summed E-state index contributed by atoms with van der Waals surface area (Å²) in [6.07, 6.45) is 2.46. The van der Waals surface area contributed by atoms with Crippen LogP contribution in [0.3, 0.4) is 0 Å². The van der Waals surface area contributed by atoms with E-state index in [1.807, 2.05) is 43.3 Å². The number of aryl methyl sites for hydroxylation is 1. The number of aromatic nitrogens is 6. The van der Waals surface area contributed by atoms with Gasteiger partial charge >= 0.3 is 17.8 Å². The summed E-state index contributed by atoms with van der Waals surface area (Å²) >= 11 is 0. The number of rotatable bonds is 8. The van der Waals surface area contributed by atoms with Crippen molar-refractivity contribution in [2.45, 2.75) is 64.9 Å². The van der Waals surface area contributed by atoms with Gasteiger partial charge in [-0.1, -0.05) is 48.9 Å². The zero-order valence-electron chi connectivity index (χ0n) is 24.4. The summed E-state index contributed by atoms with van der Waals surface area (Å²) < 4.78 is 17.4. The molecule has 12 heteroatoms. The number of imidazole rings is 1. The molecule has 226 valence electrons. The molecule has 0 aliphatic heterocycles. The number of para-hydroxylation sites is 1. The van der Waals surface area contributed by atoms with Crippen molar-refractivity contribution in [2.75, 3.05) is 0 Å². The molecule has 1 atom stereocenters. The first kappa shape index (κ1) is 28.8. The molecule has 3 aromatic carbocycles. The highest BCUT2D eigenvalue weighted by Gasteiger charge is 2.24. The first-order valence-electron chi connectivity index (χ1n) is 14.7. The molecule has 1 saturated carbocycles. The molecule has 1 unspecified atom stereocenters. The highest BCUT2D eigenvalue weighted by Crippen LogP contribution is 2.31. The SMILES string of the molecule is CCn1nnc(-c2ccccc2-c2ccc(-n3c(=O)[nH]c4cccc(C(=O)OC(C)OC(=O)OC5CCCCC5)c43)cc2)n1. The van der Waals surface area contributed by atoms with Gasteiger partial charge in [0.25, 0.3) is 0 Å². The number of ether oxygens (including phenoxy) is 3. The van der Waals surface area contributed by atoms with Gasteiger partial charge < -0.3 is 19.2 Å².